The SMILES string of the molecule is NC(=O)c1sc(-c2ccncc2F)cc1N. The maximum atomic E-state index is 13.4. The number of thiophene rings is 1. The third kappa shape index (κ3) is 1.74. The maximum Gasteiger partial charge on any atom is 0.260 e. The van der Waals surface area contributed by atoms with Crippen molar-refractivity contribution in [1.29, 1.82) is 0 Å². The molecular weight excluding hydrogens is 229 g/mol. The highest BCUT2D eigenvalue weighted by atomic mass is 32.1. The Labute approximate surface area is 94.7 Å². The van der Waals surface area contributed by atoms with E-state index in [9.17, 15) is 9.18 Å². The molecule has 0 aliphatic rings. The number of primary amides is 1. The van der Waals surface area contributed by atoms with Gasteiger partial charge in [-0.2, -0.15) is 0 Å². The smallest absolute Gasteiger partial charge is 0.260 e. The zero-order valence-electron chi connectivity index (χ0n) is 8.11. The molecule has 2 aromatic heterocycles. The number of nitrogen functional groups attached to an aromatic ring is 1. The van der Waals surface area contributed by atoms with Gasteiger partial charge < -0.3 is 11.5 Å². The van der Waals surface area contributed by atoms with Crippen molar-refractivity contribution in [3.8, 4) is 10.4 Å². The zero-order valence-corrected chi connectivity index (χ0v) is 8.92. The van der Waals surface area contributed by atoms with Gasteiger partial charge in [-0.3, -0.25) is 9.78 Å². The van der Waals surface area contributed by atoms with Crippen LogP contribution < -0.4 is 11.5 Å². The second-order valence-electron chi connectivity index (χ2n) is 3.11. The van der Waals surface area contributed by atoms with E-state index < -0.39 is 11.7 Å². The van der Waals surface area contributed by atoms with Crippen molar-refractivity contribution in [2.75, 3.05) is 5.73 Å². The number of halogens is 1. The summed E-state index contributed by atoms with van der Waals surface area (Å²) in [4.78, 5) is 15.4. The minimum absolute atomic E-state index is 0.242. The second kappa shape index (κ2) is 3.90. The molecule has 0 fully saturated rings. The summed E-state index contributed by atoms with van der Waals surface area (Å²) in [6.45, 7) is 0. The minimum Gasteiger partial charge on any atom is -0.397 e. The van der Waals surface area contributed by atoms with E-state index in [1.54, 1.807) is 0 Å². The largest absolute Gasteiger partial charge is 0.397 e. The lowest BCUT2D eigenvalue weighted by atomic mass is 10.2. The molecule has 1 amide bonds. The molecule has 0 bridgehead atoms. The molecule has 2 rings (SSSR count). The van der Waals surface area contributed by atoms with Gasteiger partial charge in [-0.1, -0.05) is 0 Å². The lowest BCUT2D eigenvalue weighted by molar-refractivity contribution is 0.100. The van der Waals surface area contributed by atoms with Crippen LogP contribution in [0.1, 0.15) is 9.67 Å². The Hall–Kier alpha value is -1.95. The Kier molecular flexibility index (Phi) is 2.57. The van der Waals surface area contributed by atoms with E-state index >= 15 is 0 Å². The lowest BCUT2D eigenvalue weighted by Crippen LogP contribution is -2.10. The predicted octanol–water partition coefficient (Wildman–Crippen LogP) is 1.63. The number of hydrogen-bond donors (Lipinski definition) is 2. The lowest BCUT2D eigenvalue weighted by Gasteiger charge is -1.97. The van der Waals surface area contributed by atoms with Gasteiger partial charge in [0.05, 0.1) is 11.9 Å². The molecule has 4 nitrogen and oxygen atoms in total. The molecule has 0 unspecified atom stereocenters. The van der Waals surface area contributed by atoms with Gasteiger partial charge in [0, 0.05) is 16.6 Å². The minimum atomic E-state index is -0.608. The van der Waals surface area contributed by atoms with Crippen LogP contribution in [0.25, 0.3) is 10.4 Å². The molecule has 0 aromatic carbocycles. The van der Waals surface area contributed by atoms with E-state index in [-0.39, 0.29) is 10.6 Å². The Morgan fingerprint density at radius 1 is 1.50 bits per heavy atom. The molecular formula is C10H8FN3OS. The predicted molar refractivity (Wildman–Crippen MR) is 60.4 cm³/mol. The molecule has 4 N–H and O–H groups in total. The summed E-state index contributed by atoms with van der Waals surface area (Å²) in [5.74, 6) is -1.07. The van der Waals surface area contributed by atoms with Gasteiger partial charge in [-0.25, -0.2) is 4.39 Å². The number of hydrogen-bond acceptors (Lipinski definition) is 4. The molecule has 0 saturated heterocycles. The van der Waals surface area contributed by atoms with E-state index in [0.29, 0.717) is 10.4 Å². The maximum absolute atomic E-state index is 13.4. The molecule has 0 radical (unpaired) electrons. The first kappa shape index (κ1) is 10.6. The monoisotopic (exact) mass is 237 g/mol. The van der Waals surface area contributed by atoms with Crippen LogP contribution in [0.15, 0.2) is 24.5 Å². The highest BCUT2D eigenvalue weighted by Crippen LogP contribution is 2.33. The van der Waals surface area contributed by atoms with Gasteiger partial charge in [0.2, 0.25) is 0 Å². The molecule has 2 aromatic rings. The normalized spacial score (nSPS) is 10.3. The summed E-state index contributed by atoms with van der Waals surface area (Å²) >= 11 is 1.07. The fraction of sp³-hybridized carbons (Fsp3) is 0. The first-order valence-electron chi connectivity index (χ1n) is 4.38. The third-order valence-electron chi connectivity index (χ3n) is 2.02. The van der Waals surface area contributed by atoms with E-state index in [1.807, 2.05) is 0 Å². The van der Waals surface area contributed by atoms with E-state index in [0.717, 1.165) is 17.5 Å². The number of aromatic nitrogens is 1. The summed E-state index contributed by atoms with van der Waals surface area (Å²) in [5, 5.41) is 0. The Morgan fingerprint density at radius 2 is 2.25 bits per heavy atom. The van der Waals surface area contributed by atoms with Crippen molar-refractivity contribution < 1.29 is 9.18 Å². The van der Waals surface area contributed by atoms with Crippen LogP contribution >= 0.6 is 11.3 Å². The van der Waals surface area contributed by atoms with Crippen LogP contribution in [0.5, 0.6) is 0 Å². The van der Waals surface area contributed by atoms with Crippen molar-refractivity contribution in [3.63, 3.8) is 0 Å². The number of nitrogens with zero attached hydrogens (tertiary/aromatic N) is 1. The summed E-state index contributed by atoms with van der Waals surface area (Å²) in [6.07, 6.45) is 2.58. The van der Waals surface area contributed by atoms with Gasteiger partial charge in [0.15, 0.2) is 0 Å². The van der Waals surface area contributed by atoms with Crippen molar-refractivity contribution >= 4 is 22.9 Å². The van der Waals surface area contributed by atoms with Crippen LogP contribution in [0.4, 0.5) is 10.1 Å². The van der Waals surface area contributed by atoms with Crippen LogP contribution in [-0.4, -0.2) is 10.9 Å². The number of nitrogens with two attached hydrogens (primary N) is 2. The van der Waals surface area contributed by atoms with E-state index in [1.165, 1.54) is 18.3 Å². The highest BCUT2D eigenvalue weighted by molar-refractivity contribution is 7.18. The van der Waals surface area contributed by atoms with Gasteiger partial charge >= 0.3 is 0 Å². The van der Waals surface area contributed by atoms with E-state index in [4.69, 9.17) is 11.5 Å². The standard InChI is InChI=1S/C10H8FN3OS/c11-6-4-14-2-1-5(6)8-3-7(12)9(16-8)10(13)15/h1-4H,12H2,(H2,13,15). The summed E-state index contributed by atoms with van der Waals surface area (Å²) < 4.78 is 13.4. The van der Waals surface area contributed by atoms with Crippen LogP contribution in [0, 0.1) is 5.82 Å². The molecule has 0 saturated carbocycles. The first-order chi connectivity index (χ1) is 7.59. The third-order valence-corrected chi connectivity index (χ3v) is 3.22. The molecule has 0 atom stereocenters. The average Bonchev–Trinajstić information content (AvgIpc) is 2.61. The average molecular weight is 237 g/mol. The van der Waals surface area contributed by atoms with Crippen molar-refractivity contribution in [2.24, 2.45) is 5.73 Å². The number of rotatable bonds is 2. The number of carbonyl (C=O) groups is 1. The number of anilines is 1. The quantitative estimate of drug-likeness (QED) is 0.832. The summed E-state index contributed by atoms with van der Waals surface area (Å²) in [7, 11) is 0. The summed E-state index contributed by atoms with van der Waals surface area (Å²) in [6, 6.07) is 3.05. The highest BCUT2D eigenvalue weighted by Gasteiger charge is 2.14. The molecule has 0 aliphatic heterocycles. The van der Waals surface area contributed by atoms with Gasteiger partial charge in [-0.05, 0) is 12.1 Å². The Balaban J connectivity index is 2.54. The number of pyridine rings is 1. The second-order valence-corrected chi connectivity index (χ2v) is 4.17. The van der Waals surface area contributed by atoms with Crippen LogP contribution in [0.2, 0.25) is 0 Å². The van der Waals surface area contributed by atoms with Crippen LogP contribution in [0.3, 0.4) is 0 Å². The van der Waals surface area contributed by atoms with E-state index in [2.05, 4.69) is 4.98 Å². The topological polar surface area (TPSA) is 82.0 Å². The van der Waals surface area contributed by atoms with Crippen molar-refractivity contribution in [1.82, 2.24) is 4.98 Å². The van der Waals surface area contributed by atoms with Crippen molar-refractivity contribution in [3.05, 3.63) is 35.2 Å². The molecule has 2 heterocycles. The summed E-state index contributed by atoms with van der Waals surface area (Å²) in [5.41, 5.74) is 11.4. The number of amides is 1. The Bertz CT molecular complexity index is 553. The zero-order chi connectivity index (χ0) is 11.7. The van der Waals surface area contributed by atoms with Crippen molar-refractivity contribution in [2.45, 2.75) is 0 Å². The Morgan fingerprint density at radius 3 is 2.81 bits per heavy atom. The molecule has 82 valence electrons. The van der Waals surface area contributed by atoms with Gasteiger partial charge in [0.25, 0.3) is 5.91 Å². The molecule has 0 spiro atoms. The molecule has 16 heavy (non-hydrogen) atoms. The fourth-order valence-electron chi connectivity index (χ4n) is 1.31. The number of carbonyl (C=O) groups excluding carboxylic acids is 1. The molecule has 6 heteroatoms. The molecule has 0 aliphatic carbocycles. The fourth-order valence-corrected chi connectivity index (χ4v) is 2.26. The van der Waals surface area contributed by atoms with Gasteiger partial charge in [-0.15, -0.1) is 11.3 Å². The first-order valence-corrected chi connectivity index (χ1v) is 5.20. The van der Waals surface area contributed by atoms with Crippen LogP contribution in [-0.2, 0) is 0 Å². The van der Waals surface area contributed by atoms with Gasteiger partial charge in [0.1, 0.15) is 10.7 Å².